The Morgan fingerprint density at radius 1 is 1.29 bits per heavy atom. The van der Waals surface area contributed by atoms with E-state index in [9.17, 15) is 22.8 Å². The molecule has 10 heteroatoms. The Balaban J connectivity index is 1.57. The maximum absolute atomic E-state index is 13.3. The van der Waals surface area contributed by atoms with Gasteiger partial charge in [-0.15, -0.1) is 0 Å². The Labute approximate surface area is 177 Å². The number of anilines is 2. The van der Waals surface area contributed by atoms with Crippen LogP contribution < -0.4 is 15.5 Å². The highest BCUT2D eigenvalue weighted by atomic mass is 19.4. The largest absolute Gasteiger partial charge is 0.416 e. The number of alkyl halides is 3. The SMILES string of the molecule is CNC(=O)c1cnc2c(c1C)NC(=O)C1CN(Cc3ccccc3C(F)(F)F)CCN21. The van der Waals surface area contributed by atoms with E-state index in [0.29, 0.717) is 35.7 Å². The zero-order valence-electron chi connectivity index (χ0n) is 17.1. The first kappa shape index (κ1) is 21.1. The van der Waals surface area contributed by atoms with Gasteiger partial charge < -0.3 is 15.5 Å². The van der Waals surface area contributed by atoms with Gasteiger partial charge in [0.05, 0.1) is 16.8 Å². The van der Waals surface area contributed by atoms with Crippen molar-refractivity contribution < 1.29 is 22.8 Å². The summed E-state index contributed by atoms with van der Waals surface area (Å²) in [4.78, 5) is 33.0. The second-order valence-corrected chi connectivity index (χ2v) is 7.66. The molecule has 2 aliphatic heterocycles. The molecule has 0 bridgehead atoms. The summed E-state index contributed by atoms with van der Waals surface area (Å²) in [6, 6.07) is 4.93. The summed E-state index contributed by atoms with van der Waals surface area (Å²) in [5.41, 5.74) is 1.03. The van der Waals surface area contributed by atoms with E-state index >= 15 is 0 Å². The van der Waals surface area contributed by atoms with Crippen molar-refractivity contribution in [2.24, 2.45) is 0 Å². The Kier molecular flexibility index (Phi) is 5.34. The fourth-order valence-electron chi connectivity index (χ4n) is 4.16. The van der Waals surface area contributed by atoms with Gasteiger partial charge in [-0.1, -0.05) is 18.2 Å². The lowest BCUT2D eigenvalue weighted by Crippen LogP contribution is -2.60. The monoisotopic (exact) mass is 433 g/mol. The lowest BCUT2D eigenvalue weighted by molar-refractivity contribution is -0.138. The number of amides is 2. The lowest BCUT2D eigenvalue weighted by Gasteiger charge is -2.44. The number of carbonyl (C=O) groups is 2. The number of halogens is 3. The van der Waals surface area contributed by atoms with Crippen molar-refractivity contribution in [1.29, 1.82) is 0 Å². The first-order chi connectivity index (χ1) is 14.7. The van der Waals surface area contributed by atoms with E-state index in [-0.39, 0.29) is 30.5 Å². The van der Waals surface area contributed by atoms with Gasteiger partial charge in [0.1, 0.15) is 6.04 Å². The minimum absolute atomic E-state index is 0.0994. The number of piperazine rings is 1. The van der Waals surface area contributed by atoms with Crippen molar-refractivity contribution in [2.75, 3.05) is 36.9 Å². The van der Waals surface area contributed by atoms with Crippen LogP contribution in [0.1, 0.15) is 27.0 Å². The minimum atomic E-state index is -4.43. The molecule has 164 valence electrons. The predicted molar refractivity (Wildman–Crippen MR) is 109 cm³/mol. The first-order valence-electron chi connectivity index (χ1n) is 9.87. The van der Waals surface area contributed by atoms with Crippen LogP contribution in [0.3, 0.4) is 0 Å². The van der Waals surface area contributed by atoms with Crippen molar-refractivity contribution in [1.82, 2.24) is 15.2 Å². The van der Waals surface area contributed by atoms with Crippen LogP contribution in [-0.4, -0.2) is 54.4 Å². The van der Waals surface area contributed by atoms with E-state index in [0.717, 1.165) is 6.07 Å². The van der Waals surface area contributed by atoms with Gasteiger partial charge in [-0.05, 0) is 24.1 Å². The molecule has 1 unspecified atom stereocenters. The smallest absolute Gasteiger partial charge is 0.355 e. The average molecular weight is 433 g/mol. The van der Waals surface area contributed by atoms with Crippen LogP contribution in [0.2, 0.25) is 0 Å². The highest BCUT2D eigenvalue weighted by molar-refractivity contribution is 6.06. The van der Waals surface area contributed by atoms with Gasteiger partial charge in [0.2, 0.25) is 5.91 Å². The fourth-order valence-corrected chi connectivity index (χ4v) is 4.16. The van der Waals surface area contributed by atoms with Crippen LogP contribution in [0.5, 0.6) is 0 Å². The number of fused-ring (bicyclic) bond motifs is 3. The molecule has 1 saturated heterocycles. The Bertz CT molecular complexity index is 1040. The van der Waals surface area contributed by atoms with Crippen LogP contribution in [-0.2, 0) is 17.5 Å². The molecular weight excluding hydrogens is 411 g/mol. The van der Waals surface area contributed by atoms with Crippen molar-refractivity contribution in [3.63, 3.8) is 0 Å². The summed E-state index contributed by atoms with van der Waals surface area (Å²) in [6.45, 7) is 3.03. The number of rotatable bonds is 3. The molecule has 1 fully saturated rings. The van der Waals surface area contributed by atoms with Gasteiger partial charge in [0.15, 0.2) is 5.82 Å². The molecule has 0 aliphatic carbocycles. The Morgan fingerprint density at radius 2 is 2.03 bits per heavy atom. The second kappa shape index (κ2) is 7.84. The summed E-state index contributed by atoms with van der Waals surface area (Å²) < 4.78 is 40.0. The highest BCUT2D eigenvalue weighted by Crippen LogP contribution is 2.36. The first-order valence-corrected chi connectivity index (χ1v) is 9.87. The molecule has 7 nitrogen and oxygen atoms in total. The van der Waals surface area contributed by atoms with Crippen LogP contribution in [0.4, 0.5) is 24.7 Å². The number of benzene rings is 1. The number of hydrogen-bond acceptors (Lipinski definition) is 5. The van der Waals surface area contributed by atoms with E-state index in [4.69, 9.17) is 0 Å². The molecule has 4 rings (SSSR count). The summed E-state index contributed by atoms with van der Waals surface area (Å²) >= 11 is 0. The number of aromatic nitrogens is 1. The van der Waals surface area contributed by atoms with Gasteiger partial charge >= 0.3 is 6.18 Å². The molecule has 2 amide bonds. The minimum Gasteiger partial charge on any atom is -0.355 e. The van der Waals surface area contributed by atoms with Crippen molar-refractivity contribution >= 4 is 23.3 Å². The third-order valence-corrected chi connectivity index (χ3v) is 5.79. The number of hydrogen-bond donors (Lipinski definition) is 2. The molecule has 1 aromatic carbocycles. The predicted octanol–water partition coefficient (Wildman–Crippen LogP) is 2.41. The number of carbonyl (C=O) groups excluding carboxylic acids is 2. The van der Waals surface area contributed by atoms with Gasteiger partial charge in [-0.3, -0.25) is 14.5 Å². The molecule has 3 heterocycles. The molecular formula is C21H22F3N5O2. The fraction of sp³-hybridized carbons (Fsp3) is 0.381. The van der Waals surface area contributed by atoms with Gasteiger partial charge in [0.25, 0.3) is 5.91 Å². The standard InChI is InChI=1S/C21H22F3N5O2/c1-12-14(19(30)25-2)9-26-18-17(12)27-20(31)16-11-28(7-8-29(16)18)10-13-5-3-4-6-15(13)21(22,23)24/h3-6,9,16H,7-8,10-11H2,1-2H3,(H,25,30)(H,27,31). The van der Waals surface area contributed by atoms with Crippen LogP contribution >= 0.6 is 0 Å². The van der Waals surface area contributed by atoms with Gasteiger partial charge in [-0.25, -0.2) is 4.98 Å². The molecule has 0 saturated carbocycles. The second-order valence-electron chi connectivity index (χ2n) is 7.66. The molecule has 0 spiro atoms. The summed E-state index contributed by atoms with van der Waals surface area (Å²) in [5, 5.41) is 5.39. The molecule has 31 heavy (non-hydrogen) atoms. The van der Waals surface area contributed by atoms with Gasteiger partial charge in [0, 0.05) is 39.4 Å². The third-order valence-electron chi connectivity index (χ3n) is 5.79. The average Bonchev–Trinajstić information content (AvgIpc) is 2.74. The van der Waals surface area contributed by atoms with Crippen LogP contribution in [0.15, 0.2) is 30.5 Å². The van der Waals surface area contributed by atoms with Crippen molar-refractivity contribution in [3.8, 4) is 0 Å². The normalized spacial score (nSPS) is 18.8. The molecule has 2 aliphatic rings. The molecule has 2 N–H and O–H groups in total. The van der Waals surface area contributed by atoms with E-state index < -0.39 is 17.8 Å². The summed E-state index contributed by atoms with van der Waals surface area (Å²) in [6.07, 6.45) is -2.95. The van der Waals surface area contributed by atoms with E-state index in [1.54, 1.807) is 13.0 Å². The highest BCUT2D eigenvalue weighted by Gasteiger charge is 2.40. The number of pyridine rings is 1. The maximum Gasteiger partial charge on any atom is 0.416 e. The Hall–Kier alpha value is -3.14. The third kappa shape index (κ3) is 3.83. The lowest BCUT2D eigenvalue weighted by atomic mass is 10.0. The topological polar surface area (TPSA) is 77.6 Å². The van der Waals surface area contributed by atoms with Crippen LogP contribution in [0, 0.1) is 6.92 Å². The van der Waals surface area contributed by atoms with E-state index in [1.165, 1.54) is 25.4 Å². The summed E-state index contributed by atoms with van der Waals surface area (Å²) in [7, 11) is 1.52. The van der Waals surface area contributed by atoms with E-state index in [1.807, 2.05) is 9.80 Å². The Morgan fingerprint density at radius 3 is 2.74 bits per heavy atom. The van der Waals surface area contributed by atoms with Gasteiger partial charge in [-0.2, -0.15) is 13.2 Å². The zero-order chi connectivity index (χ0) is 22.3. The van der Waals surface area contributed by atoms with Crippen molar-refractivity contribution in [2.45, 2.75) is 25.7 Å². The van der Waals surface area contributed by atoms with E-state index in [2.05, 4.69) is 15.6 Å². The summed E-state index contributed by atoms with van der Waals surface area (Å²) in [5.74, 6) is 0.0164. The molecule has 1 atom stereocenters. The molecule has 0 radical (unpaired) electrons. The van der Waals surface area contributed by atoms with Crippen molar-refractivity contribution in [3.05, 3.63) is 52.7 Å². The molecule has 2 aromatic rings. The zero-order valence-corrected chi connectivity index (χ0v) is 17.1. The number of nitrogens with one attached hydrogen (secondary N) is 2. The van der Waals surface area contributed by atoms with Crippen LogP contribution in [0.25, 0.3) is 0 Å². The quantitative estimate of drug-likeness (QED) is 0.778. The maximum atomic E-state index is 13.3. The molecule has 1 aromatic heterocycles. The number of nitrogens with zero attached hydrogens (tertiary/aromatic N) is 3.